The Labute approximate surface area is 169 Å². The summed E-state index contributed by atoms with van der Waals surface area (Å²) >= 11 is 0. The number of rotatable bonds is 5. The van der Waals surface area contributed by atoms with Crippen molar-refractivity contribution >= 4 is 17.1 Å². The van der Waals surface area contributed by atoms with E-state index in [4.69, 9.17) is 0 Å². The maximum atomic E-state index is 12.5. The van der Waals surface area contributed by atoms with E-state index < -0.39 is 11.2 Å². The Balaban J connectivity index is 1.34. The first-order valence-electron chi connectivity index (χ1n) is 10.6. The van der Waals surface area contributed by atoms with Crippen LogP contribution >= 0.6 is 0 Å². The molecule has 0 bridgehead atoms. The lowest BCUT2D eigenvalue weighted by Gasteiger charge is -2.36. The number of aromatic nitrogens is 4. The molecule has 29 heavy (non-hydrogen) atoms. The van der Waals surface area contributed by atoms with E-state index in [0.717, 1.165) is 36.5 Å². The van der Waals surface area contributed by atoms with E-state index in [1.54, 1.807) is 7.05 Å². The highest BCUT2D eigenvalue weighted by Crippen LogP contribution is 2.27. The maximum Gasteiger partial charge on any atom is 0.332 e. The molecule has 1 amide bonds. The topological polar surface area (TPSA) is 94.2 Å². The van der Waals surface area contributed by atoms with Gasteiger partial charge in [0, 0.05) is 26.7 Å². The molecule has 2 aliphatic rings. The normalized spacial score (nSPS) is 19.2. The summed E-state index contributed by atoms with van der Waals surface area (Å²) in [6.45, 7) is 2.94. The Bertz CT molecular complexity index is 1010. The van der Waals surface area contributed by atoms with Crippen LogP contribution in [0.15, 0.2) is 15.9 Å². The Kier molecular flexibility index (Phi) is 5.58. The van der Waals surface area contributed by atoms with Crippen molar-refractivity contribution in [3.05, 3.63) is 27.2 Å². The number of aryl methyl sites for hydroxylation is 1. The van der Waals surface area contributed by atoms with Crippen LogP contribution in [0.5, 0.6) is 0 Å². The van der Waals surface area contributed by atoms with Crippen LogP contribution in [-0.4, -0.2) is 55.2 Å². The molecule has 1 aliphatic heterocycles. The molecule has 0 aromatic carbocycles. The highest BCUT2D eigenvalue weighted by molar-refractivity contribution is 5.78. The standard InChI is InChI=1S/C20H30N6O3/c1-23-18-17(19(28)24(2)20(23)29)26(13-22-18)12-16(27)21-11-14-7-9-25(10-8-14)15-5-3-4-6-15/h13-15H,3-12H2,1-2H3,(H,21,27). The zero-order valence-corrected chi connectivity index (χ0v) is 17.3. The molecular formula is C20H30N6O3. The number of amides is 1. The zero-order chi connectivity index (χ0) is 20.5. The molecule has 1 N–H and O–H groups in total. The van der Waals surface area contributed by atoms with Gasteiger partial charge in [-0.3, -0.25) is 18.7 Å². The smallest absolute Gasteiger partial charge is 0.332 e. The van der Waals surface area contributed by atoms with Gasteiger partial charge in [0.2, 0.25) is 5.91 Å². The average Bonchev–Trinajstić information content (AvgIpc) is 3.40. The van der Waals surface area contributed by atoms with E-state index in [-0.39, 0.29) is 18.0 Å². The van der Waals surface area contributed by atoms with Gasteiger partial charge in [-0.25, -0.2) is 9.78 Å². The minimum absolute atomic E-state index is 0.0187. The van der Waals surface area contributed by atoms with Gasteiger partial charge in [-0.15, -0.1) is 0 Å². The molecule has 1 aliphatic carbocycles. The van der Waals surface area contributed by atoms with Crippen LogP contribution in [0.1, 0.15) is 38.5 Å². The maximum absolute atomic E-state index is 12.5. The number of piperidine rings is 1. The third kappa shape index (κ3) is 3.88. The van der Waals surface area contributed by atoms with Gasteiger partial charge in [-0.2, -0.15) is 0 Å². The van der Waals surface area contributed by atoms with Crippen LogP contribution in [-0.2, 0) is 25.4 Å². The fraction of sp³-hybridized carbons (Fsp3) is 0.700. The molecule has 1 saturated carbocycles. The Morgan fingerprint density at radius 2 is 1.79 bits per heavy atom. The first kappa shape index (κ1) is 19.9. The second-order valence-electron chi connectivity index (χ2n) is 8.47. The van der Waals surface area contributed by atoms with Gasteiger partial charge in [0.05, 0.1) is 6.33 Å². The van der Waals surface area contributed by atoms with Crippen LogP contribution in [0, 0.1) is 5.92 Å². The highest BCUT2D eigenvalue weighted by Gasteiger charge is 2.27. The van der Waals surface area contributed by atoms with Crippen LogP contribution in [0.2, 0.25) is 0 Å². The predicted molar refractivity (Wildman–Crippen MR) is 110 cm³/mol. The molecular weight excluding hydrogens is 372 g/mol. The molecule has 9 heteroatoms. The Morgan fingerprint density at radius 1 is 1.10 bits per heavy atom. The number of likely N-dealkylation sites (tertiary alicyclic amines) is 1. The van der Waals surface area contributed by atoms with E-state index in [9.17, 15) is 14.4 Å². The summed E-state index contributed by atoms with van der Waals surface area (Å²) in [5.74, 6) is 0.364. The third-order valence-corrected chi connectivity index (χ3v) is 6.61. The second-order valence-corrected chi connectivity index (χ2v) is 8.47. The largest absolute Gasteiger partial charge is 0.354 e. The number of fused-ring (bicyclic) bond motifs is 1. The van der Waals surface area contributed by atoms with Crippen molar-refractivity contribution in [3.63, 3.8) is 0 Å². The van der Waals surface area contributed by atoms with Crippen LogP contribution in [0.3, 0.4) is 0 Å². The number of hydrogen-bond acceptors (Lipinski definition) is 5. The van der Waals surface area contributed by atoms with Gasteiger partial charge in [0.25, 0.3) is 5.56 Å². The van der Waals surface area contributed by atoms with E-state index in [0.29, 0.717) is 18.1 Å². The molecule has 9 nitrogen and oxygen atoms in total. The number of nitrogens with zero attached hydrogens (tertiary/aromatic N) is 5. The van der Waals surface area contributed by atoms with Crippen LogP contribution < -0.4 is 16.6 Å². The van der Waals surface area contributed by atoms with Crippen LogP contribution in [0.4, 0.5) is 0 Å². The van der Waals surface area contributed by atoms with E-state index >= 15 is 0 Å². The monoisotopic (exact) mass is 402 g/mol. The predicted octanol–water partition coefficient (Wildman–Crippen LogP) is 0.205. The first-order valence-corrected chi connectivity index (χ1v) is 10.6. The summed E-state index contributed by atoms with van der Waals surface area (Å²) < 4.78 is 3.88. The third-order valence-electron chi connectivity index (χ3n) is 6.61. The van der Waals surface area contributed by atoms with Crippen molar-refractivity contribution in [1.29, 1.82) is 0 Å². The summed E-state index contributed by atoms with van der Waals surface area (Å²) in [5, 5.41) is 3.02. The van der Waals surface area contributed by atoms with E-state index in [1.165, 1.54) is 48.2 Å². The Hall–Kier alpha value is -2.42. The lowest BCUT2D eigenvalue weighted by molar-refractivity contribution is -0.121. The van der Waals surface area contributed by atoms with Crippen molar-refractivity contribution in [3.8, 4) is 0 Å². The van der Waals surface area contributed by atoms with Crippen molar-refractivity contribution < 1.29 is 4.79 Å². The molecule has 0 radical (unpaired) electrons. The number of carbonyl (C=O) groups is 1. The van der Waals surface area contributed by atoms with Gasteiger partial charge in [-0.1, -0.05) is 12.8 Å². The van der Waals surface area contributed by atoms with Gasteiger partial charge in [0.1, 0.15) is 6.54 Å². The SMILES string of the molecule is Cn1c(=O)c2c(ncn2CC(=O)NCC2CCN(C3CCCC3)CC2)n(C)c1=O. The van der Waals surface area contributed by atoms with Gasteiger partial charge < -0.3 is 14.8 Å². The molecule has 2 fully saturated rings. The second kappa shape index (κ2) is 8.14. The molecule has 4 rings (SSSR count). The van der Waals surface area contributed by atoms with E-state index in [2.05, 4.69) is 15.2 Å². The number of carbonyl (C=O) groups excluding carboxylic acids is 1. The summed E-state index contributed by atoms with van der Waals surface area (Å²) in [5.41, 5.74) is -0.298. The number of nitrogens with one attached hydrogen (secondary N) is 1. The molecule has 0 spiro atoms. The summed E-state index contributed by atoms with van der Waals surface area (Å²) in [6, 6.07) is 0.777. The van der Waals surface area contributed by atoms with E-state index in [1.807, 2.05) is 0 Å². The fourth-order valence-corrected chi connectivity index (χ4v) is 4.78. The number of imidazole rings is 1. The lowest BCUT2D eigenvalue weighted by Crippen LogP contribution is -2.43. The van der Waals surface area contributed by atoms with Crippen molar-refractivity contribution in [2.24, 2.45) is 20.0 Å². The summed E-state index contributed by atoms with van der Waals surface area (Å²) in [6.07, 6.45) is 9.09. The molecule has 1 saturated heterocycles. The highest BCUT2D eigenvalue weighted by atomic mass is 16.2. The minimum atomic E-state index is -0.437. The van der Waals surface area contributed by atoms with Crippen molar-refractivity contribution in [1.82, 2.24) is 28.9 Å². The number of hydrogen-bond donors (Lipinski definition) is 1. The van der Waals surface area contributed by atoms with Crippen LogP contribution in [0.25, 0.3) is 11.2 Å². The molecule has 0 unspecified atom stereocenters. The first-order chi connectivity index (χ1) is 14.0. The van der Waals surface area contributed by atoms with Gasteiger partial charge in [0.15, 0.2) is 11.2 Å². The molecule has 3 heterocycles. The molecule has 158 valence electrons. The fourth-order valence-electron chi connectivity index (χ4n) is 4.78. The Morgan fingerprint density at radius 3 is 2.48 bits per heavy atom. The van der Waals surface area contributed by atoms with Crippen molar-refractivity contribution in [2.45, 2.75) is 51.1 Å². The molecule has 0 atom stereocenters. The average molecular weight is 402 g/mol. The van der Waals surface area contributed by atoms with Gasteiger partial charge >= 0.3 is 5.69 Å². The van der Waals surface area contributed by atoms with Crippen molar-refractivity contribution in [2.75, 3.05) is 19.6 Å². The quantitative estimate of drug-likeness (QED) is 0.771. The summed E-state index contributed by atoms with van der Waals surface area (Å²) in [7, 11) is 3.00. The summed E-state index contributed by atoms with van der Waals surface area (Å²) in [4.78, 5) is 43.7. The molecule has 2 aromatic rings. The molecule has 2 aromatic heterocycles. The van der Waals surface area contributed by atoms with Gasteiger partial charge in [-0.05, 0) is 44.7 Å². The minimum Gasteiger partial charge on any atom is -0.354 e. The zero-order valence-electron chi connectivity index (χ0n) is 17.3. The lowest BCUT2D eigenvalue weighted by atomic mass is 9.95.